The Morgan fingerprint density at radius 3 is 2.44 bits per heavy atom. The maximum absolute atomic E-state index is 11.5. The average molecular weight is 276 g/mol. The van der Waals surface area contributed by atoms with E-state index < -0.39 is 5.54 Å². The third-order valence-corrected chi connectivity index (χ3v) is 3.97. The molecule has 0 heterocycles. The first-order valence-electron chi connectivity index (χ1n) is 6.68. The molecule has 1 amide bonds. The molecule has 1 unspecified atom stereocenters. The standard InChI is InChI=1S/C13H28N2O2S/c1-11(2)15-13(3,12(14)17)7-4-5-9-18-10-6-8-16/h11,15-16H,4-10H2,1-3H3,(H2,14,17). The number of nitrogens with two attached hydrogens (primary N) is 1. The van der Waals surface area contributed by atoms with Gasteiger partial charge in [-0.3, -0.25) is 4.79 Å². The van der Waals surface area contributed by atoms with Crippen LogP contribution in [0.25, 0.3) is 0 Å². The highest BCUT2D eigenvalue weighted by Gasteiger charge is 2.30. The number of carbonyl (C=O) groups is 1. The summed E-state index contributed by atoms with van der Waals surface area (Å²) in [5, 5.41) is 11.9. The highest BCUT2D eigenvalue weighted by atomic mass is 32.2. The van der Waals surface area contributed by atoms with Crippen LogP contribution < -0.4 is 11.1 Å². The minimum Gasteiger partial charge on any atom is -0.396 e. The van der Waals surface area contributed by atoms with Crippen molar-refractivity contribution in [3.8, 4) is 0 Å². The molecule has 4 N–H and O–H groups in total. The summed E-state index contributed by atoms with van der Waals surface area (Å²) in [7, 11) is 0. The first kappa shape index (κ1) is 17.7. The van der Waals surface area contributed by atoms with Crippen molar-refractivity contribution in [2.45, 2.75) is 58.0 Å². The normalized spacial score (nSPS) is 14.7. The van der Waals surface area contributed by atoms with Gasteiger partial charge in [0.25, 0.3) is 0 Å². The van der Waals surface area contributed by atoms with Gasteiger partial charge in [0.2, 0.25) is 5.91 Å². The van der Waals surface area contributed by atoms with Crippen LogP contribution in [0, 0.1) is 0 Å². The maximum Gasteiger partial charge on any atom is 0.237 e. The molecule has 0 saturated carbocycles. The van der Waals surface area contributed by atoms with Crippen molar-refractivity contribution < 1.29 is 9.90 Å². The molecular weight excluding hydrogens is 248 g/mol. The van der Waals surface area contributed by atoms with Crippen LogP contribution in [0.2, 0.25) is 0 Å². The highest BCUT2D eigenvalue weighted by molar-refractivity contribution is 7.99. The Balaban J connectivity index is 3.81. The summed E-state index contributed by atoms with van der Waals surface area (Å²) in [6.07, 6.45) is 3.71. The predicted molar refractivity (Wildman–Crippen MR) is 78.7 cm³/mol. The summed E-state index contributed by atoms with van der Waals surface area (Å²) in [4.78, 5) is 11.5. The molecular formula is C13H28N2O2S. The van der Waals surface area contributed by atoms with Crippen molar-refractivity contribution in [3.63, 3.8) is 0 Å². The fourth-order valence-electron chi connectivity index (χ4n) is 1.85. The molecule has 4 nitrogen and oxygen atoms in total. The monoisotopic (exact) mass is 276 g/mol. The third-order valence-electron chi connectivity index (χ3n) is 2.81. The first-order chi connectivity index (χ1) is 8.42. The molecule has 18 heavy (non-hydrogen) atoms. The molecule has 0 aromatic carbocycles. The number of unbranched alkanes of at least 4 members (excludes halogenated alkanes) is 1. The van der Waals surface area contributed by atoms with Crippen LogP contribution in [-0.4, -0.2) is 40.7 Å². The maximum atomic E-state index is 11.5. The molecule has 0 aliphatic carbocycles. The van der Waals surface area contributed by atoms with Crippen LogP contribution in [0.15, 0.2) is 0 Å². The van der Waals surface area contributed by atoms with Crippen LogP contribution in [-0.2, 0) is 4.79 Å². The molecule has 108 valence electrons. The van der Waals surface area contributed by atoms with Crippen molar-refractivity contribution in [3.05, 3.63) is 0 Å². The summed E-state index contributed by atoms with van der Waals surface area (Å²) in [5.41, 5.74) is 4.87. The van der Waals surface area contributed by atoms with Crippen molar-refractivity contribution in [1.82, 2.24) is 5.32 Å². The Kier molecular flexibility index (Phi) is 9.50. The third kappa shape index (κ3) is 7.95. The number of aliphatic hydroxyl groups excluding tert-OH is 1. The summed E-state index contributed by atoms with van der Waals surface area (Å²) < 4.78 is 0. The van der Waals surface area contributed by atoms with Gasteiger partial charge in [-0.15, -0.1) is 0 Å². The molecule has 0 saturated heterocycles. The Bertz CT molecular complexity index is 237. The lowest BCUT2D eigenvalue weighted by atomic mass is 9.93. The molecule has 1 atom stereocenters. The summed E-state index contributed by atoms with van der Waals surface area (Å²) in [6, 6.07) is 0.251. The zero-order valence-electron chi connectivity index (χ0n) is 11.9. The van der Waals surface area contributed by atoms with E-state index in [9.17, 15) is 4.79 Å². The summed E-state index contributed by atoms with van der Waals surface area (Å²) >= 11 is 1.85. The lowest BCUT2D eigenvalue weighted by Crippen LogP contribution is -2.55. The van der Waals surface area contributed by atoms with Gasteiger partial charge >= 0.3 is 0 Å². The fourth-order valence-corrected chi connectivity index (χ4v) is 2.80. The van der Waals surface area contributed by atoms with Gasteiger partial charge in [-0.25, -0.2) is 0 Å². The molecule has 0 rings (SSSR count). The summed E-state index contributed by atoms with van der Waals surface area (Å²) in [5.74, 6) is 1.81. The van der Waals surface area contributed by atoms with Crippen LogP contribution >= 0.6 is 11.8 Å². The second kappa shape index (κ2) is 9.64. The van der Waals surface area contributed by atoms with Crippen LogP contribution in [0.3, 0.4) is 0 Å². The number of aliphatic hydroxyl groups is 1. The lowest BCUT2D eigenvalue weighted by molar-refractivity contribution is -0.124. The molecule has 0 aliphatic rings. The SMILES string of the molecule is CC(C)NC(C)(CCCCSCCCO)C(N)=O. The second-order valence-corrected chi connectivity index (χ2v) is 6.37. The van der Waals surface area contributed by atoms with Gasteiger partial charge in [0.05, 0.1) is 5.54 Å². The number of rotatable bonds is 11. The van der Waals surface area contributed by atoms with Gasteiger partial charge in [0.1, 0.15) is 0 Å². The first-order valence-corrected chi connectivity index (χ1v) is 7.84. The number of hydrogen-bond acceptors (Lipinski definition) is 4. The van der Waals surface area contributed by atoms with E-state index in [1.165, 1.54) is 0 Å². The number of primary amides is 1. The number of nitrogens with one attached hydrogen (secondary N) is 1. The van der Waals surface area contributed by atoms with Crippen molar-refractivity contribution in [1.29, 1.82) is 0 Å². The van der Waals surface area contributed by atoms with E-state index in [0.717, 1.165) is 37.2 Å². The molecule has 5 heteroatoms. The topological polar surface area (TPSA) is 75.3 Å². The summed E-state index contributed by atoms with van der Waals surface area (Å²) in [6.45, 7) is 6.19. The van der Waals surface area contributed by atoms with Gasteiger partial charge in [-0.1, -0.05) is 6.42 Å². The fraction of sp³-hybridized carbons (Fsp3) is 0.923. The molecule has 0 fully saturated rings. The molecule has 0 aromatic rings. The minimum atomic E-state index is -0.593. The van der Waals surface area contributed by atoms with Crippen LogP contribution in [0.5, 0.6) is 0 Å². The Labute approximate surface area is 115 Å². The van der Waals surface area contributed by atoms with Gasteiger partial charge < -0.3 is 16.2 Å². The Hall–Kier alpha value is -0.260. The molecule has 0 radical (unpaired) electrons. The predicted octanol–water partition coefficient (Wildman–Crippen LogP) is 1.51. The smallest absolute Gasteiger partial charge is 0.237 e. The van der Waals surface area contributed by atoms with Crippen molar-refractivity contribution in [2.24, 2.45) is 5.73 Å². The van der Waals surface area contributed by atoms with Gasteiger partial charge in [-0.2, -0.15) is 11.8 Å². The van der Waals surface area contributed by atoms with Crippen LogP contribution in [0.4, 0.5) is 0 Å². The molecule has 0 aliphatic heterocycles. The van der Waals surface area contributed by atoms with E-state index in [4.69, 9.17) is 10.8 Å². The number of thioether (sulfide) groups is 1. The van der Waals surface area contributed by atoms with E-state index >= 15 is 0 Å². The van der Waals surface area contributed by atoms with E-state index in [0.29, 0.717) is 0 Å². The van der Waals surface area contributed by atoms with Gasteiger partial charge in [-0.05, 0) is 51.5 Å². The second-order valence-electron chi connectivity index (χ2n) is 5.14. The molecule has 0 spiro atoms. The van der Waals surface area contributed by atoms with Gasteiger partial charge in [0, 0.05) is 12.6 Å². The highest BCUT2D eigenvalue weighted by Crippen LogP contribution is 2.16. The largest absolute Gasteiger partial charge is 0.396 e. The number of carbonyl (C=O) groups excluding carboxylic acids is 1. The van der Waals surface area contributed by atoms with E-state index in [-0.39, 0.29) is 18.6 Å². The van der Waals surface area contributed by atoms with E-state index in [2.05, 4.69) is 5.32 Å². The van der Waals surface area contributed by atoms with Crippen LogP contribution in [0.1, 0.15) is 46.5 Å². The zero-order valence-corrected chi connectivity index (χ0v) is 12.7. The van der Waals surface area contributed by atoms with Crippen molar-refractivity contribution in [2.75, 3.05) is 18.1 Å². The van der Waals surface area contributed by atoms with E-state index in [1.807, 2.05) is 32.5 Å². The van der Waals surface area contributed by atoms with E-state index in [1.54, 1.807) is 0 Å². The lowest BCUT2D eigenvalue weighted by Gasteiger charge is -2.29. The van der Waals surface area contributed by atoms with Gasteiger partial charge in [0.15, 0.2) is 0 Å². The minimum absolute atomic E-state index is 0.251. The quantitative estimate of drug-likeness (QED) is 0.500. The Morgan fingerprint density at radius 1 is 1.33 bits per heavy atom. The average Bonchev–Trinajstić information content (AvgIpc) is 2.26. The Morgan fingerprint density at radius 2 is 1.94 bits per heavy atom. The molecule has 0 aromatic heterocycles. The molecule has 0 bridgehead atoms. The zero-order chi connectivity index (χ0) is 14.0. The number of hydrogen-bond donors (Lipinski definition) is 3. The van der Waals surface area contributed by atoms with Crippen molar-refractivity contribution >= 4 is 17.7 Å². The number of amides is 1.